The molecular formula is C15H20BrNO2S. The van der Waals surface area contributed by atoms with Gasteiger partial charge in [0.25, 0.3) is 0 Å². The molecule has 0 bridgehead atoms. The maximum absolute atomic E-state index is 12.2. The van der Waals surface area contributed by atoms with Gasteiger partial charge in [-0.1, -0.05) is 6.92 Å². The van der Waals surface area contributed by atoms with Crippen LogP contribution in [-0.4, -0.2) is 29.7 Å². The van der Waals surface area contributed by atoms with E-state index in [9.17, 15) is 4.79 Å². The molecule has 2 aliphatic rings. The number of rotatable bonds is 0. The molecule has 1 aliphatic carbocycles. The highest BCUT2D eigenvalue weighted by molar-refractivity contribution is 9.11. The summed E-state index contributed by atoms with van der Waals surface area (Å²) in [5.41, 5.74) is 1.02. The lowest BCUT2D eigenvalue weighted by Gasteiger charge is -2.25. The Hall–Kier alpha value is -0.550. The van der Waals surface area contributed by atoms with Crippen molar-refractivity contribution in [1.82, 2.24) is 4.90 Å². The second-order valence-corrected chi connectivity index (χ2v) is 9.28. The fraction of sp³-hybridized carbons (Fsp3) is 0.667. The van der Waals surface area contributed by atoms with Crippen LogP contribution in [0.3, 0.4) is 0 Å². The smallest absolute Gasteiger partial charge is 0.410 e. The molecule has 0 saturated carbocycles. The van der Waals surface area contributed by atoms with Gasteiger partial charge < -0.3 is 9.64 Å². The Morgan fingerprint density at radius 2 is 2.15 bits per heavy atom. The van der Waals surface area contributed by atoms with E-state index >= 15 is 0 Å². The lowest BCUT2D eigenvalue weighted by atomic mass is 9.92. The highest BCUT2D eigenvalue weighted by Gasteiger charge is 2.47. The highest BCUT2D eigenvalue weighted by atomic mass is 79.9. The number of likely N-dealkylation sites (tertiary alicyclic amines) is 1. The van der Waals surface area contributed by atoms with Crippen LogP contribution < -0.4 is 0 Å². The maximum atomic E-state index is 12.2. The zero-order chi connectivity index (χ0) is 14.7. The average molecular weight is 358 g/mol. The second-order valence-electron chi connectivity index (χ2n) is 6.81. The first-order valence-corrected chi connectivity index (χ1v) is 8.64. The Morgan fingerprint density at radius 1 is 1.45 bits per heavy atom. The Balaban J connectivity index is 1.77. The third kappa shape index (κ3) is 2.39. The summed E-state index contributed by atoms with van der Waals surface area (Å²) in [7, 11) is 0. The van der Waals surface area contributed by atoms with E-state index in [4.69, 9.17) is 4.74 Å². The maximum Gasteiger partial charge on any atom is 0.410 e. The Labute approximate surface area is 132 Å². The molecule has 1 aliphatic heterocycles. The van der Waals surface area contributed by atoms with Gasteiger partial charge in [-0.3, -0.25) is 0 Å². The van der Waals surface area contributed by atoms with E-state index < -0.39 is 5.60 Å². The van der Waals surface area contributed by atoms with Crippen LogP contribution >= 0.6 is 27.3 Å². The van der Waals surface area contributed by atoms with Gasteiger partial charge in [-0.05, 0) is 60.2 Å². The first-order chi connectivity index (χ1) is 9.26. The van der Waals surface area contributed by atoms with Crippen LogP contribution in [-0.2, 0) is 4.74 Å². The minimum absolute atomic E-state index is 0.171. The van der Waals surface area contributed by atoms with Gasteiger partial charge in [-0.15, -0.1) is 11.3 Å². The normalized spacial score (nSPS) is 28.4. The third-order valence-corrected chi connectivity index (χ3v) is 6.09. The number of fused-ring (bicyclic) bond motifs is 3. The second kappa shape index (κ2) is 4.73. The van der Waals surface area contributed by atoms with Crippen molar-refractivity contribution in [3.63, 3.8) is 0 Å². The molecule has 5 heteroatoms. The standard InChI is InChI=1S/C15H20BrNO2S/c1-8-10-6-17(14(18)19-15(2,3)4)7-11(10)9-5-12(16)20-13(8)9/h5,8,10-11H,6-7H2,1-4H3. The first-order valence-electron chi connectivity index (χ1n) is 7.03. The van der Waals surface area contributed by atoms with Gasteiger partial charge in [0.05, 0.1) is 3.79 Å². The number of carbonyl (C=O) groups is 1. The molecule has 110 valence electrons. The van der Waals surface area contributed by atoms with Crippen molar-refractivity contribution in [2.24, 2.45) is 5.92 Å². The molecule has 1 fully saturated rings. The lowest BCUT2D eigenvalue weighted by molar-refractivity contribution is 0.0284. The summed E-state index contributed by atoms with van der Waals surface area (Å²) in [5.74, 6) is 1.57. The van der Waals surface area contributed by atoms with E-state index in [2.05, 4.69) is 28.9 Å². The monoisotopic (exact) mass is 357 g/mol. The number of ether oxygens (including phenoxy) is 1. The Morgan fingerprint density at radius 3 is 2.80 bits per heavy atom. The minimum atomic E-state index is -0.420. The summed E-state index contributed by atoms with van der Waals surface area (Å²) in [4.78, 5) is 15.6. The summed E-state index contributed by atoms with van der Waals surface area (Å²) in [6.45, 7) is 9.64. The number of carbonyl (C=O) groups excluding carboxylic acids is 1. The molecule has 1 aromatic rings. The van der Waals surface area contributed by atoms with Gasteiger partial charge in [0, 0.05) is 23.9 Å². The molecule has 1 saturated heterocycles. The molecule has 1 aromatic heterocycles. The number of amides is 1. The van der Waals surface area contributed by atoms with Gasteiger partial charge in [-0.25, -0.2) is 4.79 Å². The molecule has 1 amide bonds. The molecule has 0 radical (unpaired) electrons. The Kier molecular flexibility index (Phi) is 3.41. The number of thiophene rings is 1. The average Bonchev–Trinajstić information content (AvgIpc) is 2.92. The first kappa shape index (κ1) is 14.4. The van der Waals surface area contributed by atoms with Crippen molar-refractivity contribution >= 4 is 33.4 Å². The predicted octanol–water partition coefficient (Wildman–Crippen LogP) is 4.58. The molecular weight excluding hydrogens is 338 g/mol. The molecule has 3 nitrogen and oxygen atoms in total. The van der Waals surface area contributed by atoms with E-state index in [1.165, 1.54) is 14.2 Å². The summed E-state index contributed by atoms with van der Waals surface area (Å²) >= 11 is 5.42. The number of hydrogen-bond acceptors (Lipinski definition) is 3. The third-order valence-electron chi connectivity index (χ3n) is 4.23. The molecule has 0 spiro atoms. The summed E-state index contributed by atoms with van der Waals surface area (Å²) in [5, 5.41) is 0. The van der Waals surface area contributed by atoms with Crippen LogP contribution in [0.25, 0.3) is 0 Å². The topological polar surface area (TPSA) is 29.5 Å². The van der Waals surface area contributed by atoms with Crippen LogP contribution in [0.5, 0.6) is 0 Å². The predicted molar refractivity (Wildman–Crippen MR) is 84.5 cm³/mol. The van der Waals surface area contributed by atoms with Crippen molar-refractivity contribution in [1.29, 1.82) is 0 Å². The van der Waals surface area contributed by atoms with Gasteiger partial charge in [0.15, 0.2) is 0 Å². The fourth-order valence-corrected chi connectivity index (χ4v) is 5.22. The van der Waals surface area contributed by atoms with Crippen molar-refractivity contribution in [2.75, 3.05) is 13.1 Å². The summed E-state index contributed by atoms with van der Waals surface area (Å²) in [6, 6.07) is 2.24. The number of nitrogens with zero attached hydrogens (tertiary/aromatic N) is 1. The van der Waals surface area contributed by atoms with Crippen LogP contribution in [0.15, 0.2) is 9.85 Å². The van der Waals surface area contributed by atoms with E-state index in [0.717, 1.165) is 13.1 Å². The zero-order valence-electron chi connectivity index (χ0n) is 12.3. The van der Waals surface area contributed by atoms with E-state index in [1.807, 2.05) is 37.0 Å². The number of halogens is 1. The zero-order valence-corrected chi connectivity index (χ0v) is 14.7. The molecule has 20 heavy (non-hydrogen) atoms. The van der Waals surface area contributed by atoms with Gasteiger partial charge in [-0.2, -0.15) is 0 Å². The SMILES string of the molecule is CC1c2sc(Br)cc2C2CN(C(=O)OC(C)(C)C)CC12. The van der Waals surface area contributed by atoms with E-state index in [-0.39, 0.29) is 6.09 Å². The van der Waals surface area contributed by atoms with Gasteiger partial charge >= 0.3 is 6.09 Å². The molecule has 0 N–H and O–H groups in total. The quantitative estimate of drug-likeness (QED) is 0.680. The molecule has 0 aromatic carbocycles. The van der Waals surface area contributed by atoms with Gasteiger partial charge in [0.2, 0.25) is 0 Å². The van der Waals surface area contributed by atoms with Gasteiger partial charge in [0.1, 0.15) is 5.60 Å². The largest absolute Gasteiger partial charge is 0.444 e. The van der Waals surface area contributed by atoms with Crippen LogP contribution in [0.2, 0.25) is 0 Å². The lowest BCUT2D eigenvalue weighted by Crippen LogP contribution is -2.36. The molecule has 2 heterocycles. The minimum Gasteiger partial charge on any atom is -0.444 e. The van der Waals surface area contributed by atoms with Crippen molar-refractivity contribution < 1.29 is 9.53 Å². The number of hydrogen-bond donors (Lipinski definition) is 0. The highest BCUT2D eigenvalue weighted by Crippen LogP contribution is 2.54. The summed E-state index contributed by atoms with van der Waals surface area (Å²) in [6.07, 6.45) is -0.171. The molecule has 3 unspecified atom stereocenters. The van der Waals surface area contributed by atoms with Crippen LogP contribution in [0.4, 0.5) is 4.79 Å². The Bertz CT molecular complexity index is 549. The van der Waals surface area contributed by atoms with Crippen LogP contribution in [0, 0.1) is 5.92 Å². The fourth-order valence-electron chi connectivity index (χ4n) is 3.37. The van der Waals surface area contributed by atoms with E-state index in [0.29, 0.717) is 17.8 Å². The molecule has 3 atom stereocenters. The van der Waals surface area contributed by atoms with Crippen molar-refractivity contribution in [3.8, 4) is 0 Å². The van der Waals surface area contributed by atoms with Crippen molar-refractivity contribution in [3.05, 3.63) is 20.3 Å². The van der Waals surface area contributed by atoms with Crippen molar-refractivity contribution in [2.45, 2.75) is 45.1 Å². The molecule has 3 rings (SSSR count). The summed E-state index contributed by atoms with van der Waals surface area (Å²) < 4.78 is 6.69. The van der Waals surface area contributed by atoms with E-state index in [1.54, 1.807) is 0 Å². The van der Waals surface area contributed by atoms with Crippen LogP contribution in [0.1, 0.15) is 50.0 Å².